The molecule has 3 heterocycles. The fourth-order valence-electron chi connectivity index (χ4n) is 3.49. The van der Waals surface area contributed by atoms with Crippen molar-refractivity contribution < 1.29 is 0 Å². The van der Waals surface area contributed by atoms with E-state index in [2.05, 4.69) is 30.5 Å². The first kappa shape index (κ1) is 15.5. The van der Waals surface area contributed by atoms with Crippen LogP contribution in [0.5, 0.6) is 0 Å². The normalized spacial score (nSPS) is 14.7. The molecule has 2 N–H and O–H groups in total. The van der Waals surface area contributed by atoms with Gasteiger partial charge in [-0.2, -0.15) is 5.10 Å². The molecule has 0 amide bonds. The monoisotopic (exact) mass is 362 g/mol. The number of hydrogen-bond donors (Lipinski definition) is 2. The molecular weight excluding hydrogens is 344 g/mol. The lowest BCUT2D eigenvalue weighted by molar-refractivity contribution is 0.700. The second kappa shape index (κ2) is 6.17. The van der Waals surface area contributed by atoms with Crippen molar-refractivity contribution in [3.8, 4) is 0 Å². The zero-order chi connectivity index (χ0) is 17.5. The maximum atomic E-state index is 4.59. The Morgan fingerprint density at radius 2 is 2.08 bits per heavy atom. The van der Waals surface area contributed by atoms with E-state index >= 15 is 0 Å². The maximum Gasteiger partial charge on any atom is 0.158 e. The topological polar surface area (TPSA) is 78.8 Å². The Balaban J connectivity index is 1.51. The summed E-state index contributed by atoms with van der Waals surface area (Å²) < 4.78 is 0. The van der Waals surface area contributed by atoms with Crippen LogP contribution < -0.4 is 5.43 Å². The Morgan fingerprint density at radius 3 is 3.00 bits per heavy atom. The highest BCUT2D eigenvalue weighted by molar-refractivity contribution is 7.19. The number of rotatable bonds is 3. The summed E-state index contributed by atoms with van der Waals surface area (Å²) >= 11 is 1.79. The van der Waals surface area contributed by atoms with Gasteiger partial charge in [-0.3, -0.25) is 5.43 Å². The van der Waals surface area contributed by atoms with Gasteiger partial charge in [0.25, 0.3) is 0 Å². The number of aromatic amines is 1. The van der Waals surface area contributed by atoms with Gasteiger partial charge in [-0.15, -0.1) is 11.3 Å². The van der Waals surface area contributed by atoms with Crippen molar-refractivity contribution in [2.75, 3.05) is 5.43 Å². The number of imidazole rings is 1. The van der Waals surface area contributed by atoms with Crippen molar-refractivity contribution >= 4 is 44.1 Å². The number of anilines is 1. The van der Waals surface area contributed by atoms with E-state index in [-0.39, 0.29) is 0 Å². The lowest BCUT2D eigenvalue weighted by Gasteiger charge is -2.11. The molecule has 0 bridgehead atoms. The van der Waals surface area contributed by atoms with Crippen LogP contribution in [0.25, 0.3) is 21.3 Å². The maximum absolute atomic E-state index is 4.59. The summed E-state index contributed by atoms with van der Waals surface area (Å²) in [5.74, 6) is 1.54. The summed E-state index contributed by atoms with van der Waals surface area (Å²) in [4.78, 5) is 19.3. The first-order chi connectivity index (χ1) is 12.8. The Kier molecular flexibility index (Phi) is 3.67. The number of aryl methyl sites for hydroxylation is 2. The number of benzene rings is 1. The third kappa shape index (κ3) is 2.55. The van der Waals surface area contributed by atoms with Gasteiger partial charge < -0.3 is 4.98 Å². The average Bonchev–Trinajstić information content (AvgIpc) is 3.27. The number of nitrogens with one attached hydrogen (secondary N) is 2. The van der Waals surface area contributed by atoms with Gasteiger partial charge in [-0.1, -0.05) is 12.1 Å². The molecule has 0 saturated carbocycles. The molecule has 0 atom stereocenters. The second-order valence-electron chi connectivity index (χ2n) is 6.52. The van der Waals surface area contributed by atoms with Crippen LogP contribution in [0.1, 0.15) is 36.0 Å². The number of aromatic nitrogens is 4. The third-order valence-corrected chi connectivity index (χ3v) is 6.01. The molecule has 26 heavy (non-hydrogen) atoms. The number of hydrogen-bond acceptors (Lipinski definition) is 6. The van der Waals surface area contributed by atoms with Crippen LogP contribution in [0.3, 0.4) is 0 Å². The summed E-state index contributed by atoms with van der Waals surface area (Å²) in [5, 5.41) is 5.66. The standard InChI is InChI=1S/C19H18N6S/c1-11(17-22-13-7-3-4-8-14(13)23-17)24-25-18-16-12-6-2-5-9-15(12)26-19(16)21-10-20-18/h3-4,7-8,10H,2,5-6,9H2,1H3,(H,22,23)(H,20,21,25)/b24-11+. The summed E-state index contributed by atoms with van der Waals surface area (Å²) in [7, 11) is 0. The van der Waals surface area contributed by atoms with Crippen molar-refractivity contribution in [1.82, 2.24) is 19.9 Å². The molecule has 0 spiro atoms. The molecule has 0 aliphatic heterocycles. The van der Waals surface area contributed by atoms with Crippen molar-refractivity contribution in [2.24, 2.45) is 5.10 Å². The number of para-hydroxylation sites is 2. The largest absolute Gasteiger partial charge is 0.337 e. The lowest BCUT2D eigenvalue weighted by atomic mass is 9.97. The van der Waals surface area contributed by atoms with Crippen LogP contribution in [-0.4, -0.2) is 25.6 Å². The first-order valence-electron chi connectivity index (χ1n) is 8.80. The molecule has 130 valence electrons. The summed E-state index contributed by atoms with van der Waals surface area (Å²) in [6.45, 7) is 1.94. The smallest absolute Gasteiger partial charge is 0.158 e. The zero-order valence-electron chi connectivity index (χ0n) is 14.4. The zero-order valence-corrected chi connectivity index (χ0v) is 15.2. The minimum Gasteiger partial charge on any atom is -0.337 e. The molecule has 3 aromatic heterocycles. The van der Waals surface area contributed by atoms with E-state index in [1.54, 1.807) is 17.7 Å². The van der Waals surface area contributed by atoms with Crippen molar-refractivity contribution in [2.45, 2.75) is 32.6 Å². The second-order valence-corrected chi connectivity index (χ2v) is 7.61. The summed E-state index contributed by atoms with van der Waals surface area (Å²) in [6.07, 6.45) is 6.35. The fraction of sp³-hybridized carbons (Fsp3) is 0.263. The molecule has 0 radical (unpaired) electrons. The van der Waals surface area contributed by atoms with Gasteiger partial charge in [-0.25, -0.2) is 15.0 Å². The van der Waals surface area contributed by atoms with E-state index in [4.69, 9.17) is 0 Å². The SMILES string of the molecule is C/C(=N\Nc1ncnc2sc3c(c12)CCCC3)c1nc2ccccc2[nH]1. The van der Waals surface area contributed by atoms with Gasteiger partial charge in [-0.05, 0) is 50.3 Å². The van der Waals surface area contributed by atoms with E-state index in [1.807, 2.05) is 31.2 Å². The molecule has 1 aliphatic rings. The van der Waals surface area contributed by atoms with Gasteiger partial charge in [0.2, 0.25) is 0 Å². The van der Waals surface area contributed by atoms with Crippen molar-refractivity contribution in [1.29, 1.82) is 0 Å². The van der Waals surface area contributed by atoms with E-state index in [1.165, 1.54) is 23.3 Å². The molecular formula is C19H18N6S. The number of hydrazone groups is 1. The van der Waals surface area contributed by atoms with E-state index in [9.17, 15) is 0 Å². The Morgan fingerprint density at radius 1 is 1.19 bits per heavy atom. The molecule has 5 rings (SSSR count). The predicted octanol–water partition coefficient (Wildman–Crippen LogP) is 4.28. The molecule has 0 saturated heterocycles. The Hall–Kier alpha value is -2.80. The number of thiophene rings is 1. The van der Waals surface area contributed by atoms with Gasteiger partial charge in [0.1, 0.15) is 16.9 Å². The fourth-order valence-corrected chi connectivity index (χ4v) is 4.72. The minimum absolute atomic E-state index is 0.761. The molecule has 7 heteroatoms. The van der Waals surface area contributed by atoms with Gasteiger partial charge in [0, 0.05) is 4.88 Å². The predicted molar refractivity (Wildman–Crippen MR) is 106 cm³/mol. The molecule has 6 nitrogen and oxygen atoms in total. The van der Waals surface area contributed by atoms with E-state index in [0.717, 1.165) is 51.4 Å². The quantitative estimate of drug-likeness (QED) is 0.421. The molecule has 1 aliphatic carbocycles. The van der Waals surface area contributed by atoms with Gasteiger partial charge in [0.15, 0.2) is 11.6 Å². The van der Waals surface area contributed by atoms with E-state index in [0.29, 0.717) is 0 Å². The van der Waals surface area contributed by atoms with Crippen molar-refractivity contribution in [3.63, 3.8) is 0 Å². The molecule has 4 aromatic rings. The van der Waals surface area contributed by atoms with Crippen LogP contribution in [0, 0.1) is 0 Å². The van der Waals surface area contributed by atoms with Crippen LogP contribution in [-0.2, 0) is 12.8 Å². The summed E-state index contributed by atoms with van der Waals surface area (Å²) in [6, 6.07) is 7.97. The Labute approximate surface area is 154 Å². The Bertz CT molecular complexity index is 1110. The minimum atomic E-state index is 0.761. The first-order valence-corrected chi connectivity index (χ1v) is 9.62. The lowest BCUT2D eigenvalue weighted by Crippen LogP contribution is -2.04. The molecule has 1 aromatic carbocycles. The highest BCUT2D eigenvalue weighted by Crippen LogP contribution is 2.38. The molecule has 0 unspecified atom stereocenters. The average molecular weight is 362 g/mol. The molecule has 0 fully saturated rings. The van der Waals surface area contributed by atoms with Gasteiger partial charge in [0.05, 0.1) is 16.4 Å². The van der Waals surface area contributed by atoms with Crippen molar-refractivity contribution in [3.05, 3.63) is 46.9 Å². The highest BCUT2D eigenvalue weighted by atomic mass is 32.1. The highest BCUT2D eigenvalue weighted by Gasteiger charge is 2.19. The van der Waals surface area contributed by atoms with Crippen LogP contribution in [0.4, 0.5) is 5.82 Å². The van der Waals surface area contributed by atoms with Gasteiger partial charge >= 0.3 is 0 Å². The van der Waals surface area contributed by atoms with Crippen LogP contribution >= 0.6 is 11.3 Å². The summed E-state index contributed by atoms with van der Waals surface area (Å²) in [5.41, 5.74) is 7.28. The number of nitrogens with zero attached hydrogens (tertiary/aromatic N) is 4. The number of H-pyrrole nitrogens is 1. The van der Waals surface area contributed by atoms with Crippen LogP contribution in [0.2, 0.25) is 0 Å². The van der Waals surface area contributed by atoms with E-state index < -0.39 is 0 Å². The number of fused-ring (bicyclic) bond motifs is 4. The van der Waals surface area contributed by atoms with Crippen LogP contribution in [0.15, 0.2) is 35.7 Å². The third-order valence-electron chi connectivity index (χ3n) is 4.81.